The van der Waals surface area contributed by atoms with Crippen molar-refractivity contribution < 1.29 is 14.3 Å². The fraction of sp³-hybridized carbons (Fsp3) is 0.222. The summed E-state index contributed by atoms with van der Waals surface area (Å²) in [5.74, 6) is 0.0711. The zero-order chi connectivity index (χ0) is 18.7. The molecule has 0 atom stereocenters. The molecule has 0 saturated heterocycles. The van der Waals surface area contributed by atoms with E-state index in [-0.39, 0.29) is 11.8 Å². The van der Waals surface area contributed by atoms with Gasteiger partial charge in [0.2, 0.25) is 11.8 Å². The first kappa shape index (κ1) is 17.8. The average Bonchev–Trinajstić information content (AvgIpc) is 2.93. The number of carbonyl (C=O) groups excluding carboxylic acids is 2. The van der Waals surface area contributed by atoms with Gasteiger partial charge in [-0.15, -0.1) is 11.3 Å². The van der Waals surface area contributed by atoms with Crippen LogP contribution in [0.1, 0.15) is 29.1 Å². The van der Waals surface area contributed by atoms with Crippen molar-refractivity contribution in [3.05, 3.63) is 41.0 Å². The van der Waals surface area contributed by atoms with Gasteiger partial charge in [-0.3, -0.25) is 9.59 Å². The van der Waals surface area contributed by atoms with Gasteiger partial charge in [-0.2, -0.15) is 0 Å². The summed E-state index contributed by atoms with van der Waals surface area (Å²) in [7, 11) is 0. The van der Waals surface area contributed by atoms with Crippen molar-refractivity contribution in [2.45, 2.75) is 20.8 Å². The Hall–Kier alpha value is -3.00. The number of benzene rings is 1. The summed E-state index contributed by atoms with van der Waals surface area (Å²) in [4.78, 5) is 33.6. The van der Waals surface area contributed by atoms with E-state index in [0.29, 0.717) is 33.6 Å². The second-order valence-corrected chi connectivity index (χ2v) is 6.56. The number of rotatable bonds is 5. The Morgan fingerprint density at radius 3 is 2.62 bits per heavy atom. The highest BCUT2D eigenvalue weighted by Gasteiger charge is 2.20. The molecule has 0 radical (unpaired) electrons. The second-order valence-electron chi connectivity index (χ2n) is 5.56. The molecule has 0 saturated carbocycles. The predicted octanol–water partition coefficient (Wildman–Crippen LogP) is 3.61. The van der Waals surface area contributed by atoms with Crippen molar-refractivity contribution in [3.8, 4) is 5.88 Å². The molecule has 26 heavy (non-hydrogen) atoms. The van der Waals surface area contributed by atoms with Crippen LogP contribution in [0.25, 0.3) is 10.2 Å². The number of amides is 2. The quantitative estimate of drug-likeness (QED) is 0.716. The number of nitrogens with one attached hydrogen (secondary N) is 2. The molecule has 0 aliphatic carbocycles. The molecule has 134 valence electrons. The van der Waals surface area contributed by atoms with Crippen molar-refractivity contribution >= 4 is 44.7 Å². The van der Waals surface area contributed by atoms with Crippen LogP contribution in [0.3, 0.4) is 0 Å². The lowest BCUT2D eigenvalue weighted by Crippen LogP contribution is -2.12. The maximum absolute atomic E-state index is 12.7. The molecule has 2 heterocycles. The fourth-order valence-electron chi connectivity index (χ4n) is 2.57. The monoisotopic (exact) mass is 370 g/mol. The first-order valence-corrected chi connectivity index (χ1v) is 8.87. The maximum atomic E-state index is 12.7. The molecule has 0 aliphatic rings. The summed E-state index contributed by atoms with van der Waals surface area (Å²) < 4.78 is 5.55. The van der Waals surface area contributed by atoms with E-state index in [2.05, 4.69) is 20.6 Å². The zero-order valence-electron chi connectivity index (χ0n) is 14.6. The number of thiophene rings is 1. The van der Waals surface area contributed by atoms with Gasteiger partial charge in [0.1, 0.15) is 11.2 Å². The third-order valence-electron chi connectivity index (χ3n) is 3.62. The van der Waals surface area contributed by atoms with Crippen molar-refractivity contribution in [2.24, 2.45) is 0 Å². The van der Waals surface area contributed by atoms with Gasteiger partial charge in [0.15, 0.2) is 0 Å². The summed E-state index contributed by atoms with van der Waals surface area (Å²) in [5, 5.41) is 6.31. The van der Waals surface area contributed by atoms with E-state index in [0.717, 1.165) is 10.9 Å². The van der Waals surface area contributed by atoms with Crippen LogP contribution in [-0.2, 0) is 4.79 Å². The van der Waals surface area contributed by atoms with Crippen LogP contribution in [-0.4, -0.2) is 28.4 Å². The SMILES string of the molecule is CCOc1ncnc2sc(C(=O)Nc3cccc(NC(C)=O)c3)c(C)c12. The zero-order valence-corrected chi connectivity index (χ0v) is 15.4. The first-order chi connectivity index (χ1) is 12.5. The van der Waals surface area contributed by atoms with Gasteiger partial charge in [0.25, 0.3) is 5.91 Å². The molecular formula is C18H18N4O3S. The van der Waals surface area contributed by atoms with Crippen LogP contribution in [0, 0.1) is 6.92 Å². The molecule has 2 N–H and O–H groups in total. The summed E-state index contributed by atoms with van der Waals surface area (Å²) in [6.07, 6.45) is 1.43. The lowest BCUT2D eigenvalue weighted by Gasteiger charge is -2.07. The number of aryl methyl sites for hydroxylation is 1. The molecule has 7 nitrogen and oxygen atoms in total. The minimum Gasteiger partial charge on any atom is -0.477 e. The van der Waals surface area contributed by atoms with Crippen LogP contribution < -0.4 is 15.4 Å². The molecule has 1 aromatic carbocycles. The molecule has 0 unspecified atom stereocenters. The molecule has 2 amide bonds. The summed E-state index contributed by atoms with van der Waals surface area (Å²) in [6.45, 7) is 5.65. The molecular weight excluding hydrogens is 352 g/mol. The van der Waals surface area contributed by atoms with E-state index in [1.54, 1.807) is 24.3 Å². The molecule has 0 bridgehead atoms. The van der Waals surface area contributed by atoms with Gasteiger partial charge < -0.3 is 15.4 Å². The van der Waals surface area contributed by atoms with Gasteiger partial charge in [0.05, 0.1) is 16.9 Å². The average molecular weight is 370 g/mol. The first-order valence-electron chi connectivity index (χ1n) is 8.05. The minimum atomic E-state index is -0.243. The van der Waals surface area contributed by atoms with Crippen molar-refractivity contribution in [3.63, 3.8) is 0 Å². The summed E-state index contributed by atoms with van der Waals surface area (Å²) in [5.41, 5.74) is 1.99. The van der Waals surface area contributed by atoms with Crippen molar-refractivity contribution in [2.75, 3.05) is 17.2 Å². The van der Waals surface area contributed by atoms with Gasteiger partial charge >= 0.3 is 0 Å². The topological polar surface area (TPSA) is 93.2 Å². The highest BCUT2D eigenvalue weighted by atomic mass is 32.1. The molecule has 8 heteroatoms. The van der Waals surface area contributed by atoms with E-state index >= 15 is 0 Å². The summed E-state index contributed by atoms with van der Waals surface area (Å²) >= 11 is 1.29. The van der Waals surface area contributed by atoms with Gasteiger partial charge in [-0.05, 0) is 37.6 Å². The Balaban J connectivity index is 1.90. The van der Waals surface area contributed by atoms with Crippen LogP contribution >= 0.6 is 11.3 Å². The molecule has 3 rings (SSSR count). The van der Waals surface area contributed by atoms with E-state index in [1.807, 2.05) is 13.8 Å². The number of carbonyl (C=O) groups is 2. The van der Waals surface area contributed by atoms with Crippen LogP contribution in [0.2, 0.25) is 0 Å². The number of nitrogens with zero attached hydrogens (tertiary/aromatic N) is 2. The normalized spacial score (nSPS) is 10.6. The van der Waals surface area contributed by atoms with Crippen LogP contribution in [0.15, 0.2) is 30.6 Å². The van der Waals surface area contributed by atoms with Crippen molar-refractivity contribution in [1.29, 1.82) is 0 Å². The molecule has 0 aliphatic heterocycles. The van der Waals surface area contributed by atoms with Crippen LogP contribution in [0.5, 0.6) is 5.88 Å². The molecule has 3 aromatic rings. The fourth-order valence-corrected chi connectivity index (χ4v) is 3.60. The maximum Gasteiger partial charge on any atom is 0.266 e. The largest absolute Gasteiger partial charge is 0.477 e. The van der Waals surface area contributed by atoms with Gasteiger partial charge in [-0.25, -0.2) is 9.97 Å². The second kappa shape index (κ2) is 7.49. The Kier molecular flexibility index (Phi) is 5.13. The van der Waals surface area contributed by atoms with Gasteiger partial charge in [-0.1, -0.05) is 6.07 Å². The number of hydrogen-bond donors (Lipinski definition) is 2. The Morgan fingerprint density at radius 2 is 1.92 bits per heavy atom. The third kappa shape index (κ3) is 3.65. The molecule has 2 aromatic heterocycles. The number of aromatic nitrogens is 2. The Morgan fingerprint density at radius 1 is 1.19 bits per heavy atom. The lowest BCUT2D eigenvalue weighted by molar-refractivity contribution is -0.114. The number of hydrogen-bond acceptors (Lipinski definition) is 6. The Bertz CT molecular complexity index is 984. The van der Waals surface area contributed by atoms with E-state index in [1.165, 1.54) is 24.6 Å². The smallest absolute Gasteiger partial charge is 0.266 e. The molecule has 0 spiro atoms. The standard InChI is InChI=1S/C18H18N4O3S/c1-4-25-17-14-10(2)15(26-18(14)20-9-19-17)16(24)22-13-7-5-6-12(8-13)21-11(3)23/h5-9H,4H2,1-3H3,(H,21,23)(H,22,24). The summed E-state index contributed by atoms with van der Waals surface area (Å²) in [6, 6.07) is 6.98. The highest BCUT2D eigenvalue weighted by Crippen LogP contribution is 2.34. The van der Waals surface area contributed by atoms with E-state index in [4.69, 9.17) is 4.74 Å². The Labute approximate surface area is 154 Å². The van der Waals surface area contributed by atoms with E-state index in [9.17, 15) is 9.59 Å². The van der Waals surface area contributed by atoms with Gasteiger partial charge in [0, 0.05) is 18.3 Å². The van der Waals surface area contributed by atoms with Crippen LogP contribution in [0.4, 0.5) is 11.4 Å². The van der Waals surface area contributed by atoms with E-state index < -0.39 is 0 Å². The number of ether oxygens (including phenoxy) is 1. The number of fused-ring (bicyclic) bond motifs is 1. The lowest BCUT2D eigenvalue weighted by atomic mass is 10.2. The minimum absolute atomic E-state index is 0.171. The highest BCUT2D eigenvalue weighted by molar-refractivity contribution is 7.20. The van der Waals surface area contributed by atoms with Crippen molar-refractivity contribution in [1.82, 2.24) is 9.97 Å². The molecule has 0 fully saturated rings. The number of anilines is 2. The third-order valence-corrected chi connectivity index (χ3v) is 4.82. The predicted molar refractivity (Wildman–Crippen MR) is 102 cm³/mol.